The quantitative estimate of drug-likeness (QED) is 0.252. The van der Waals surface area contributed by atoms with Crippen LogP contribution in [0.25, 0.3) is 54.8 Å². The first-order valence-corrected chi connectivity index (χ1v) is 12.7. The average molecular weight is 471 g/mol. The van der Waals surface area contributed by atoms with Crippen LogP contribution in [0.4, 0.5) is 0 Å². The van der Waals surface area contributed by atoms with E-state index in [0.717, 1.165) is 11.0 Å². The molecule has 1 heterocycles. The van der Waals surface area contributed by atoms with Gasteiger partial charge in [-0.1, -0.05) is 103 Å². The van der Waals surface area contributed by atoms with Gasteiger partial charge < -0.3 is 0 Å². The molecule has 37 heavy (non-hydrogen) atoms. The fourth-order valence-electron chi connectivity index (χ4n) is 6.25. The molecular formula is C35H22N2. The number of rotatable bonds is 2. The molecule has 7 aromatic rings. The van der Waals surface area contributed by atoms with Gasteiger partial charge in [0.05, 0.1) is 11.0 Å². The van der Waals surface area contributed by atoms with Crippen LogP contribution in [0.1, 0.15) is 22.6 Å². The van der Waals surface area contributed by atoms with Gasteiger partial charge in [-0.3, -0.25) is 9.97 Å². The molecule has 0 bridgehead atoms. The molecule has 0 spiro atoms. The van der Waals surface area contributed by atoms with E-state index in [4.69, 9.17) is 4.98 Å². The third kappa shape index (κ3) is 2.99. The maximum atomic E-state index is 4.70. The maximum Gasteiger partial charge on any atom is 0.0893 e. The van der Waals surface area contributed by atoms with Gasteiger partial charge in [0, 0.05) is 18.3 Å². The van der Waals surface area contributed by atoms with E-state index in [0.29, 0.717) is 0 Å². The summed E-state index contributed by atoms with van der Waals surface area (Å²) in [4.78, 5) is 9.34. The molecule has 172 valence electrons. The molecular weight excluding hydrogens is 448 g/mol. The second-order valence-electron chi connectivity index (χ2n) is 9.79. The van der Waals surface area contributed by atoms with E-state index in [1.165, 1.54) is 60.5 Å². The average Bonchev–Trinajstić information content (AvgIpc) is 3.32. The zero-order valence-corrected chi connectivity index (χ0v) is 20.1. The SMILES string of the molecule is c1ccc(-c2cc3nccnc3cc2C2c3ccc4ccccc4c3-c3c2ccc2ccccc32)cc1. The highest BCUT2D eigenvalue weighted by Gasteiger charge is 2.34. The lowest BCUT2D eigenvalue weighted by molar-refractivity contribution is 1.02. The van der Waals surface area contributed by atoms with Gasteiger partial charge in [0.25, 0.3) is 0 Å². The van der Waals surface area contributed by atoms with Crippen LogP contribution >= 0.6 is 0 Å². The van der Waals surface area contributed by atoms with E-state index >= 15 is 0 Å². The molecule has 0 unspecified atom stereocenters. The largest absolute Gasteiger partial charge is 0.253 e. The molecule has 1 aromatic heterocycles. The zero-order valence-electron chi connectivity index (χ0n) is 20.1. The van der Waals surface area contributed by atoms with Crippen LogP contribution in [0.5, 0.6) is 0 Å². The minimum atomic E-state index is 0.0980. The van der Waals surface area contributed by atoms with E-state index in [1.54, 1.807) is 12.4 Å². The molecule has 1 aliphatic rings. The molecule has 6 aromatic carbocycles. The first-order chi connectivity index (χ1) is 18.4. The fraction of sp³-hybridized carbons (Fsp3) is 0.0286. The Balaban J connectivity index is 1.53. The Labute approximate surface area is 214 Å². The van der Waals surface area contributed by atoms with E-state index in [2.05, 4.69) is 120 Å². The van der Waals surface area contributed by atoms with Crippen LogP contribution in [0.2, 0.25) is 0 Å². The summed E-state index contributed by atoms with van der Waals surface area (Å²) < 4.78 is 0. The van der Waals surface area contributed by atoms with Crippen molar-refractivity contribution in [2.45, 2.75) is 5.92 Å². The van der Waals surface area contributed by atoms with Gasteiger partial charge >= 0.3 is 0 Å². The predicted octanol–water partition coefficient (Wildman–Crippen LogP) is 8.76. The Kier molecular flexibility index (Phi) is 4.32. The third-order valence-electron chi connectivity index (χ3n) is 7.83. The Morgan fingerprint density at radius 3 is 1.62 bits per heavy atom. The number of hydrogen-bond acceptors (Lipinski definition) is 2. The Hall–Kier alpha value is -4.82. The van der Waals surface area contributed by atoms with Crippen LogP contribution < -0.4 is 0 Å². The van der Waals surface area contributed by atoms with Gasteiger partial charge in [0.2, 0.25) is 0 Å². The zero-order chi connectivity index (χ0) is 24.3. The molecule has 0 fully saturated rings. The summed E-state index contributed by atoms with van der Waals surface area (Å²) in [6.45, 7) is 0. The van der Waals surface area contributed by atoms with Crippen molar-refractivity contribution >= 4 is 32.6 Å². The summed E-state index contributed by atoms with van der Waals surface area (Å²) in [5.74, 6) is 0.0980. The molecule has 0 N–H and O–H groups in total. The first kappa shape index (κ1) is 20.4. The molecule has 2 heteroatoms. The number of benzene rings is 6. The number of aromatic nitrogens is 2. The number of nitrogens with zero attached hydrogens (tertiary/aromatic N) is 2. The van der Waals surface area contributed by atoms with Crippen molar-refractivity contribution in [1.29, 1.82) is 0 Å². The maximum absolute atomic E-state index is 4.70. The highest BCUT2D eigenvalue weighted by atomic mass is 14.8. The second-order valence-corrected chi connectivity index (χ2v) is 9.79. The van der Waals surface area contributed by atoms with Crippen molar-refractivity contribution in [3.63, 3.8) is 0 Å². The van der Waals surface area contributed by atoms with Gasteiger partial charge in [-0.25, -0.2) is 0 Å². The summed E-state index contributed by atoms with van der Waals surface area (Å²) >= 11 is 0. The van der Waals surface area contributed by atoms with Gasteiger partial charge in [-0.15, -0.1) is 0 Å². The van der Waals surface area contributed by atoms with E-state index in [-0.39, 0.29) is 5.92 Å². The van der Waals surface area contributed by atoms with Crippen molar-refractivity contribution in [2.75, 3.05) is 0 Å². The van der Waals surface area contributed by atoms with Gasteiger partial charge in [0.1, 0.15) is 0 Å². The molecule has 0 amide bonds. The molecule has 2 nitrogen and oxygen atoms in total. The van der Waals surface area contributed by atoms with E-state index < -0.39 is 0 Å². The van der Waals surface area contributed by atoms with Crippen LogP contribution in [0.3, 0.4) is 0 Å². The van der Waals surface area contributed by atoms with Crippen molar-refractivity contribution in [2.24, 2.45) is 0 Å². The van der Waals surface area contributed by atoms with Gasteiger partial charge in [0.15, 0.2) is 0 Å². The summed E-state index contributed by atoms with van der Waals surface area (Å²) in [6.07, 6.45) is 3.56. The minimum Gasteiger partial charge on any atom is -0.253 e. The predicted molar refractivity (Wildman–Crippen MR) is 153 cm³/mol. The number of fused-ring (bicyclic) bond motifs is 8. The lowest BCUT2D eigenvalue weighted by atomic mass is 9.83. The summed E-state index contributed by atoms with van der Waals surface area (Å²) in [7, 11) is 0. The van der Waals surface area contributed by atoms with E-state index in [9.17, 15) is 0 Å². The molecule has 0 atom stereocenters. The van der Waals surface area contributed by atoms with Crippen molar-refractivity contribution in [3.05, 3.63) is 144 Å². The standard InChI is InChI=1S/C35H22N2/c1-2-8-22(9-3-1)29-20-31-32(37-19-18-36-31)21-30(29)33-27-16-14-23-10-4-6-12-25(23)34(27)35-26-13-7-5-11-24(26)15-17-28(33)35/h1-21,33H. The van der Waals surface area contributed by atoms with Crippen molar-refractivity contribution in [3.8, 4) is 22.3 Å². The summed E-state index contributed by atoms with van der Waals surface area (Å²) in [6, 6.07) is 41.9. The molecule has 0 saturated carbocycles. The highest BCUT2D eigenvalue weighted by Crippen LogP contribution is 2.54. The second kappa shape index (κ2) is 7.84. The van der Waals surface area contributed by atoms with E-state index in [1.807, 2.05) is 0 Å². The van der Waals surface area contributed by atoms with Crippen molar-refractivity contribution in [1.82, 2.24) is 9.97 Å². The van der Waals surface area contributed by atoms with Gasteiger partial charge in [-0.2, -0.15) is 0 Å². The smallest absolute Gasteiger partial charge is 0.0893 e. The van der Waals surface area contributed by atoms with Crippen LogP contribution in [0.15, 0.2) is 128 Å². The van der Waals surface area contributed by atoms with Gasteiger partial charge in [-0.05, 0) is 72.6 Å². The lowest BCUT2D eigenvalue weighted by Crippen LogP contribution is -2.03. The third-order valence-corrected chi connectivity index (χ3v) is 7.83. The Morgan fingerprint density at radius 1 is 0.459 bits per heavy atom. The van der Waals surface area contributed by atoms with Crippen LogP contribution in [-0.2, 0) is 0 Å². The van der Waals surface area contributed by atoms with Crippen LogP contribution in [-0.4, -0.2) is 9.97 Å². The number of hydrogen-bond donors (Lipinski definition) is 0. The van der Waals surface area contributed by atoms with Crippen molar-refractivity contribution < 1.29 is 0 Å². The summed E-state index contributed by atoms with van der Waals surface area (Å²) in [5, 5.41) is 5.16. The molecule has 0 aliphatic heterocycles. The Bertz CT molecular complexity index is 1900. The molecule has 8 rings (SSSR count). The minimum absolute atomic E-state index is 0.0980. The summed E-state index contributed by atoms with van der Waals surface area (Å²) in [5.41, 5.74) is 10.9. The molecule has 0 radical (unpaired) electrons. The fourth-order valence-corrected chi connectivity index (χ4v) is 6.25. The highest BCUT2D eigenvalue weighted by molar-refractivity contribution is 6.11. The molecule has 1 aliphatic carbocycles. The topological polar surface area (TPSA) is 25.8 Å². The monoisotopic (exact) mass is 470 g/mol. The van der Waals surface area contributed by atoms with Crippen LogP contribution in [0, 0.1) is 0 Å². The Morgan fingerprint density at radius 2 is 1.00 bits per heavy atom. The molecule has 0 saturated heterocycles. The normalized spacial score (nSPS) is 12.8. The first-order valence-electron chi connectivity index (χ1n) is 12.7. The lowest BCUT2D eigenvalue weighted by Gasteiger charge is -2.20.